The largest absolute Gasteiger partial charge is 0.488 e. The van der Waals surface area contributed by atoms with Crippen LogP contribution in [0.3, 0.4) is 0 Å². The number of aromatic nitrogens is 2. The van der Waals surface area contributed by atoms with E-state index in [0.29, 0.717) is 30.3 Å². The smallest absolute Gasteiger partial charge is 0.251 e. The molecule has 2 aromatic carbocycles. The Morgan fingerprint density at radius 1 is 1.25 bits per heavy atom. The van der Waals surface area contributed by atoms with Crippen LogP contribution in [-0.4, -0.2) is 22.2 Å². The Balaban J connectivity index is 1.48. The van der Waals surface area contributed by atoms with Crippen molar-refractivity contribution in [2.24, 2.45) is 0 Å². The Kier molecular flexibility index (Phi) is 7.12. The van der Waals surface area contributed by atoms with Gasteiger partial charge in [0.15, 0.2) is 0 Å². The van der Waals surface area contributed by atoms with Crippen LogP contribution < -0.4 is 10.1 Å². The van der Waals surface area contributed by atoms with Crippen molar-refractivity contribution in [1.29, 1.82) is 0 Å². The van der Waals surface area contributed by atoms with Gasteiger partial charge in [0.1, 0.15) is 12.4 Å². The molecule has 3 aromatic rings. The zero-order valence-electron chi connectivity index (χ0n) is 15.5. The number of carbonyl (C=O) groups excluding carboxylic acids is 1. The summed E-state index contributed by atoms with van der Waals surface area (Å²) in [6.07, 6.45) is 2.57. The first-order chi connectivity index (χ1) is 13.5. The molecule has 1 amide bonds. The maximum atomic E-state index is 12.4. The highest BCUT2D eigenvalue weighted by Gasteiger charge is 2.07. The van der Waals surface area contributed by atoms with Gasteiger partial charge in [0, 0.05) is 24.8 Å². The van der Waals surface area contributed by atoms with Gasteiger partial charge in [-0.25, -0.2) is 0 Å². The van der Waals surface area contributed by atoms with Crippen LogP contribution >= 0.6 is 27.5 Å². The van der Waals surface area contributed by atoms with Gasteiger partial charge in [-0.2, -0.15) is 5.10 Å². The Morgan fingerprint density at radius 2 is 2.07 bits per heavy atom. The lowest BCUT2D eigenvalue weighted by atomic mass is 10.1. The lowest BCUT2D eigenvalue weighted by molar-refractivity contribution is 0.0952. The molecular formula is C21H21BrClN3O2. The van der Waals surface area contributed by atoms with Gasteiger partial charge >= 0.3 is 0 Å². The van der Waals surface area contributed by atoms with Gasteiger partial charge in [-0.05, 0) is 59.1 Å². The number of benzene rings is 2. The average molecular weight is 463 g/mol. The van der Waals surface area contributed by atoms with Crippen LogP contribution in [0.1, 0.15) is 28.0 Å². The fourth-order valence-corrected chi connectivity index (χ4v) is 3.23. The number of halogens is 2. The number of hydrogen-bond donors (Lipinski definition) is 1. The summed E-state index contributed by atoms with van der Waals surface area (Å²) in [6.45, 7) is 3.53. The summed E-state index contributed by atoms with van der Waals surface area (Å²) in [4.78, 5) is 12.4. The molecule has 1 heterocycles. The molecular weight excluding hydrogens is 442 g/mol. The number of ether oxygens (including phenoxy) is 1. The Morgan fingerprint density at radius 3 is 2.82 bits per heavy atom. The van der Waals surface area contributed by atoms with Gasteiger partial charge in [-0.1, -0.05) is 35.9 Å². The van der Waals surface area contributed by atoms with Crippen molar-refractivity contribution in [3.05, 3.63) is 81.0 Å². The number of para-hydroxylation sites is 1. The van der Waals surface area contributed by atoms with Gasteiger partial charge in [-0.3, -0.25) is 9.48 Å². The minimum absolute atomic E-state index is 0.0996. The third kappa shape index (κ3) is 5.59. The molecule has 1 N–H and O–H groups in total. The van der Waals surface area contributed by atoms with E-state index < -0.39 is 0 Å². The standard InChI is InChI=1S/C21H21BrClN3O2/c1-15-19(23)13-26(25-15)11-5-10-24-21(27)17-7-4-6-16(12-17)14-28-20-9-3-2-8-18(20)22/h2-4,6-9,12-13H,5,10-11,14H2,1H3,(H,24,27). The predicted molar refractivity (Wildman–Crippen MR) is 114 cm³/mol. The number of aryl methyl sites for hydroxylation is 2. The summed E-state index contributed by atoms with van der Waals surface area (Å²) in [5, 5.41) is 7.90. The van der Waals surface area contributed by atoms with Crippen LogP contribution in [0.25, 0.3) is 0 Å². The van der Waals surface area contributed by atoms with Crippen LogP contribution in [0.15, 0.2) is 59.2 Å². The number of hydrogen-bond acceptors (Lipinski definition) is 3. The van der Waals surface area contributed by atoms with Crippen LogP contribution in [0.5, 0.6) is 5.75 Å². The number of nitrogens with zero attached hydrogens (tertiary/aromatic N) is 2. The molecule has 0 saturated heterocycles. The van der Waals surface area contributed by atoms with E-state index in [1.807, 2.05) is 49.4 Å². The molecule has 0 bridgehead atoms. The van der Waals surface area contributed by atoms with E-state index in [4.69, 9.17) is 16.3 Å². The number of carbonyl (C=O) groups is 1. The first-order valence-corrected chi connectivity index (χ1v) is 10.1. The molecule has 3 rings (SSSR count). The Labute approximate surface area is 177 Å². The quantitative estimate of drug-likeness (QED) is 0.479. The van der Waals surface area contributed by atoms with Gasteiger partial charge in [0.2, 0.25) is 0 Å². The minimum Gasteiger partial charge on any atom is -0.488 e. The summed E-state index contributed by atoms with van der Waals surface area (Å²) >= 11 is 9.46. The maximum absolute atomic E-state index is 12.4. The lowest BCUT2D eigenvalue weighted by Crippen LogP contribution is -2.25. The molecule has 0 aliphatic carbocycles. The van der Waals surface area contributed by atoms with Crippen LogP contribution in [0, 0.1) is 6.92 Å². The number of amides is 1. The Hall–Kier alpha value is -2.31. The van der Waals surface area contributed by atoms with Crippen LogP contribution in [-0.2, 0) is 13.2 Å². The summed E-state index contributed by atoms with van der Waals surface area (Å²) in [7, 11) is 0. The molecule has 7 heteroatoms. The van der Waals surface area contributed by atoms with Crippen molar-refractivity contribution in [3.8, 4) is 5.75 Å². The molecule has 0 aliphatic rings. The van der Waals surface area contributed by atoms with E-state index in [2.05, 4.69) is 26.3 Å². The third-order valence-corrected chi connectivity index (χ3v) is 5.18. The van der Waals surface area contributed by atoms with Gasteiger partial charge in [0.25, 0.3) is 5.91 Å². The van der Waals surface area contributed by atoms with Crippen molar-refractivity contribution in [1.82, 2.24) is 15.1 Å². The van der Waals surface area contributed by atoms with Crippen molar-refractivity contribution >= 4 is 33.4 Å². The zero-order chi connectivity index (χ0) is 19.9. The molecule has 0 fully saturated rings. The first-order valence-electron chi connectivity index (χ1n) is 8.97. The zero-order valence-corrected chi connectivity index (χ0v) is 17.8. The average Bonchev–Trinajstić information content (AvgIpc) is 3.02. The van der Waals surface area contributed by atoms with Crippen LogP contribution in [0.2, 0.25) is 5.02 Å². The SMILES string of the molecule is Cc1nn(CCCNC(=O)c2cccc(COc3ccccc3Br)c2)cc1Cl. The first kappa shape index (κ1) is 20.4. The molecule has 0 spiro atoms. The van der Waals surface area contributed by atoms with E-state index >= 15 is 0 Å². The normalized spacial score (nSPS) is 10.7. The molecule has 0 radical (unpaired) electrons. The second-order valence-corrected chi connectivity index (χ2v) is 7.62. The maximum Gasteiger partial charge on any atom is 0.251 e. The highest BCUT2D eigenvalue weighted by Crippen LogP contribution is 2.24. The van der Waals surface area contributed by atoms with E-state index in [1.165, 1.54) is 0 Å². The van der Waals surface area contributed by atoms with Crippen molar-refractivity contribution in [2.75, 3.05) is 6.54 Å². The summed E-state index contributed by atoms with van der Waals surface area (Å²) in [5.41, 5.74) is 2.36. The molecule has 0 aliphatic heterocycles. The topological polar surface area (TPSA) is 56.2 Å². The molecule has 146 valence electrons. The monoisotopic (exact) mass is 461 g/mol. The molecule has 5 nitrogen and oxygen atoms in total. The molecule has 0 atom stereocenters. The van der Waals surface area contributed by atoms with E-state index in [9.17, 15) is 4.79 Å². The molecule has 28 heavy (non-hydrogen) atoms. The van der Waals surface area contributed by atoms with Crippen molar-refractivity contribution < 1.29 is 9.53 Å². The third-order valence-electron chi connectivity index (χ3n) is 4.16. The van der Waals surface area contributed by atoms with Crippen LogP contribution in [0.4, 0.5) is 0 Å². The van der Waals surface area contributed by atoms with E-state index in [0.717, 1.165) is 27.9 Å². The van der Waals surface area contributed by atoms with Gasteiger partial charge in [-0.15, -0.1) is 0 Å². The second kappa shape index (κ2) is 9.75. The molecule has 0 unspecified atom stereocenters. The summed E-state index contributed by atoms with van der Waals surface area (Å²) in [5.74, 6) is 0.670. The number of rotatable bonds is 8. The summed E-state index contributed by atoms with van der Waals surface area (Å²) in [6, 6.07) is 15.1. The molecule has 1 aromatic heterocycles. The van der Waals surface area contributed by atoms with Crippen molar-refractivity contribution in [2.45, 2.75) is 26.5 Å². The van der Waals surface area contributed by atoms with E-state index in [-0.39, 0.29) is 5.91 Å². The van der Waals surface area contributed by atoms with Gasteiger partial charge in [0.05, 0.1) is 15.2 Å². The second-order valence-electron chi connectivity index (χ2n) is 6.35. The van der Waals surface area contributed by atoms with Gasteiger partial charge < -0.3 is 10.1 Å². The highest BCUT2D eigenvalue weighted by atomic mass is 79.9. The minimum atomic E-state index is -0.0996. The number of nitrogens with one attached hydrogen (secondary N) is 1. The predicted octanol–water partition coefficient (Wildman–Crippen LogP) is 5.01. The fraction of sp³-hybridized carbons (Fsp3) is 0.238. The van der Waals surface area contributed by atoms with Crippen molar-refractivity contribution in [3.63, 3.8) is 0 Å². The Bertz CT molecular complexity index is 939. The highest BCUT2D eigenvalue weighted by molar-refractivity contribution is 9.10. The fourth-order valence-electron chi connectivity index (χ4n) is 2.68. The lowest BCUT2D eigenvalue weighted by Gasteiger charge is -2.10. The van der Waals surface area contributed by atoms with E-state index in [1.54, 1.807) is 16.9 Å². The molecule has 0 saturated carbocycles. The summed E-state index contributed by atoms with van der Waals surface area (Å²) < 4.78 is 8.51.